The molecule has 20 heavy (non-hydrogen) atoms. The Morgan fingerprint density at radius 3 is 2.85 bits per heavy atom. The van der Waals surface area contributed by atoms with Crippen LogP contribution in [-0.2, 0) is 11.2 Å². The van der Waals surface area contributed by atoms with Crippen LogP contribution in [0.4, 0.5) is 5.69 Å². The number of halogens is 1. The van der Waals surface area contributed by atoms with Crippen LogP contribution in [0, 0.1) is 0 Å². The van der Waals surface area contributed by atoms with Crippen molar-refractivity contribution >= 4 is 23.2 Å². The zero-order valence-corrected chi connectivity index (χ0v) is 11.7. The maximum atomic E-state index is 11.7. The summed E-state index contributed by atoms with van der Waals surface area (Å²) in [6.07, 6.45) is 2.56. The van der Waals surface area contributed by atoms with E-state index in [1.165, 1.54) is 0 Å². The normalized spacial score (nSPS) is 10.2. The Morgan fingerprint density at radius 1 is 1.20 bits per heavy atom. The minimum Gasteiger partial charge on any atom is -0.325 e. The summed E-state index contributed by atoms with van der Waals surface area (Å²) in [5, 5.41) is 6.47. The molecular formula is C15H16ClN3O. The molecule has 0 saturated carbocycles. The number of anilines is 1. The van der Waals surface area contributed by atoms with Crippen LogP contribution in [0.5, 0.6) is 0 Å². The third-order valence-electron chi connectivity index (χ3n) is 2.68. The summed E-state index contributed by atoms with van der Waals surface area (Å²) in [5.74, 6) is -0.0895. The van der Waals surface area contributed by atoms with Gasteiger partial charge in [-0.05, 0) is 30.3 Å². The first-order valence-corrected chi connectivity index (χ1v) is 6.78. The molecule has 0 saturated heterocycles. The monoisotopic (exact) mass is 289 g/mol. The number of amides is 1. The molecule has 0 atom stereocenters. The van der Waals surface area contributed by atoms with Gasteiger partial charge >= 0.3 is 0 Å². The summed E-state index contributed by atoms with van der Waals surface area (Å²) < 4.78 is 0. The molecule has 1 heterocycles. The summed E-state index contributed by atoms with van der Waals surface area (Å²) >= 11 is 5.85. The maximum Gasteiger partial charge on any atom is 0.238 e. The van der Waals surface area contributed by atoms with Crippen LogP contribution < -0.4 is 10.6 Å². The molecule has 0 fully saturated rings. The quantitative estimate of drug-likeness (QED) is 0.804. The summed E-state index contributed by atoms with van der Waals surface area (Å²) in [7, 11) is 0. The van der Waals surface area contributed by atoms with Gasteiger partial charge in [0.2, 0.25) is 5.91 Å². The van der Waals surface area contributed by atoms with E-state index in [2.05, 4.69) is 15.6 Å². The Kier molecular flexibility index (Phi) is 5.53. The number of pyridine rings is 1. The first-order chi connectivity index (χ1) is 9.74. The number of hydrogen-bond donors (Lipinski definition) is 2. The molecule has 0 aliphatic heterocycles. The second-order valence-electron chi connectivity index (χ2n) is 4.31. The highest BCUT2D eigenvalue weighted by Crippen LogP contribution is 2.14. The van der Waals surface area contributed by atoms with E-state index in [4.69, 9.17) is 11.6 Å². The van der Waals surface area contributed by atoms with Gasteiger partial charge in [0.1, 0.15) is 0 Å². The number of benzene rings is 1. The van der Waals surface area contributed by atoms with Crippen molar-refractivity contribution < 1.29 is 4.79 Å². The van der Waals surface area contributed by atoms with Crippen molar-refractivity contribution in [3.63, 3.8) is 0 Å². The van der Waals surface area contributed by atoms with Gasteiger partial charge in [-0.2, -0.15) is 0 Å². The molecule has 2 aromatic rings. The van der Waals surface area contributed by atoms with E-state index in [1.54, 1.807) is 30.5 Å². The second kappa shape index (κ2) is 7.62. The Labute approximate surface area is 123 Å². The van der Waals surface area contributed by atoms with Crippen LogP contribution in [0.1, 0.15) is 5.69 Å². The number of carbonyl (C=O) groups is 1. The van der Waals surface area contributed by atoms with Crippen molar-refractivity contribution in [2.45, 2.75) is 6.42 Å². The van der Waals surface area contributed by atoms with Gasteiger partial charge in [0.05, 0.1) is 6.54 Å². The minimum absolute atomic E-state index is 0.0895. The smallest absolute Gasteiger partial charge is 0.238 e. The number of carbonyl (C=O) groups excluding carboxylic acids is 1. The van der Waals surface area contributed by atoms with Gasteiger partial charge < -0.3 is 10.6 Å². The van der Waals surface area contributed by atoms with Crippen molar-refractivity contribution in [1.82, 2.24) is 10.3 Å². The van der Waals surface area contributed by atoms with Crippen molar-refractivity contribution in [1.29, 1.82) is 0 Å². The molecule has 104 valence electrons. The number of aromatic nitrogens is 1. The lowest BCUT2D eigenvalue weighted by Crippen LogP contribution is -2.29. The second-order valence-corrected chi connectivity index (χ2v) is 4.74. The zero-order chi connectivity index (χ0) is 14.2. The molecule has 1 aromatic heterocycles. The fourth-order valence-corrected chi connectivity index (χ4v) is 1.93. The molecule has 0 radical (unpaired) electrons. The fourth-order valence-electron chi connectivity index (χ4n) is 1.74. The molecule has 5 heteroatoms. The predicted octanol–water partition coefficient (Wildman–Crippen LogP) is 2.51. The zero-order valence-electron chi connectivity index (χ0n) is 11.0. The van der Waals surface area contributed by atoms with Crippen LogP contribution in [0.25, 0.3) is 0 Å². The summed E-state index contributed by atoms with van der Waals surface area (Å²) in [6, 6.07) is 12.9. The Hall–Kier alpha value is -1.91. The van der Waals surface area contributed by atoms with E-state index in [0.717, 1.165) is 12.1 Å². The maximum absolute atomic E-state index is 11.7. The molecular weight excluding hydrogens is 274 g/mol. The van der Waals surface area contributed by atoms with Crippen molar-refractivity contribution in [3.05, 3.63) is 59.4 Å². The molecule has 1 aromatic carbocycles. The average Bonchev–Trinajstić information content (AvgIpc) is 2.45. The highest BCUT2D eigenvalue weighted by atomic mass is 35.5. The first kappa shape index (κ1) is 14.5. The van der Waals surface area contributed by atoms with E-state index < -0.39 is 0 Å². The van der Waals surface area contributed by atoms with Crippen LogP contribution in [0.15, 0.2) is 48.7 Å². The van der Waals surface area contributed by atoms with Gasteiger partial charge in [-0.3, -0.25) is 9.78 Å². The SMILES string of the molecule is O=C(CNCCc1ccccn1)Nc1cccc(Cl)c1. The lowest BCUT2D eigenvalue weighted by Gasteiger charge is -2.07. The first-order valence-electron chi connectivity index (χ1n) is 6.40. The Morgan fingerprint density at radius 2 is 2.10 bits per heavy atom. The molecule has 4 nitrogen and oxygen atoms in total. The van der Waals surface area contributed by atoms with Gasteiger partial charge in [0.15, 0.2) is 0 Å². The van der Waals surface area contributed by atoms with E-state index in [-0.39, 0.29) is 12.5 Å². The van der Waals surface area contributed by atoms with E-state index >= 15 is 0 Å². The van der Waals surface area contributed by atoms with E-state index in [1.807, 2.05) is 18.2 Å². The molecule has 2 rings (SSSR count). The van der Waals surface area contributed by atoms with Crippen LogP contribution in [0.2, 0.25) is 5.02 Å². The fraction of sp³-hybridized carbons (Fsp3) is 0.200. The lowest BCUT2D eigenvalue weighted by molar-refractivity contribution is -0.115. The molecule has 1 amide bonds. The highest BCUT2D eigenvalue weighted by molar-refractivity contribution is 6.30. The molecule has 0 aliphatic rings. The van der Waals surface area contributed by atoms with E-state index in [9.17, 15) is 4.79 Å². The molecule has 0 unspecified atom stereocenters. The Bertz CT molecular complexity index is 560. The van der Waals surface area contributed by atoms with Crippen LogP contribution >= 0.6 is 11.6 Å². The van der Waals surface area contributed by atoms with Gasteiger partial charge in [0.25, 0.3) is 0 Å². The number of rotatable bonds is 6. The lowest BCUT2D eigenvalue weighted by atomic mass is 10.3. The number of hydrogen-bond acceptors (Lipinski definition) is 3. The van der Waals surface area contributed by atoms with E-state index in [0.29, 0.717) is 17.3 Å². The summed E-state index contributed by atoms with van der Waals surface area (Å²) in [5.41, 5.74) is 1.71. The molecule has 0 aliphatic carbocycles. The van der Waals surface area contributed by atoms with Gasteiger partial charge in [-0.1, -0.05) is 23.7 Å². The van der Waals surface area contributed by atoms with Crippen molar-refractivity contribution in [2.75, 3.05) is 18.4 Å². The standard InChI is InChI=1S/C15H16ClN3O/c16-12-4-3-6-14(10-12)19-15(20)11-17-9-7-13-5-1-2-8-18-13/h1-6,8,10,17H,7,9,11H2,(H,19,20). The number of nitrogens with zero attached hydrogens (tertiary/aromatic N) is 1. The third kappa shape index (κ3) is 4.99. The minimum atomic E-state index is -0.0895. The molecule has 2 N–H and O–H groups in total. The average molecular weight is 290 g/mol. The van der Waals surface area contributed by atoms with Crippen LogP contribution in [0.3, 0.4) is 0 Å². The third-order valence-corrected chi connectivity index (χ3v) is 2.91. The summed E-state index contributed by atoms with van der Waals surface area (Å²) in [4.78, 5) is 15.9. The van der Waals surface area contributed by atoms with Crippen LogP contribution in [-0.4, -0.2) is 24.0 Å². The topological polar surface area (TPSA) is 54.0 Å². The predicted molar refractivity (Wildman–Crippen MR) is 80.9 cm³/mol. The van der Waals surface area contributed by atoms with Gasteiger partial charge in [0, 0.05) is 35.6 Å². The van der Waals surface area contributed by atoms with Gasteiger partial charge in [-0.15, -0.1) is 0 Å². The highest BCUT2D eigenvalue weighted by Gasteiger charge is 2.02. The number of nitrogens with one attached hydrogen (secondary N) is 2. The molecule has 0 spiro atoms. The largest absolute Gasteiger partial charge is 0.325 e. The Balaban J connectivity index is 1.68. The van der Waals surface area contributed by atoms with Crippen molar-refractivity contribution in [3.8, 4) is 0 Å². The van der Waals surface area contributed by atoms with Gasteiger partial charge in [-0.25, -0.2) is 0 Å². The molecule has 0 bridgehead atoms. The van der Waals surface area contributed by atoms with Crippen molar-refractivity contribution in [2.24, 2.45) is 0 Å². The summed E-state index contributed by atoms with van der Waals surface area (Å²) in [6.45, 7) is 0.972.